The Hall–Kier alpha value is -1.20. The van der Waals surface area contributed by atoms with E-state index in [1.807, 2.05) is 12.1 Å². The quantitative estimate of drug-likeness (QED) is 0.657. The second-order valence-electron chi connectivity index (χ2n) is 2.30. The molecular weight excluding hydrogens is 140 g/mol. The molecule has 1 aromatic rings. The van der Waals surface area contributed by atoms with Gasteiger partial charge in [-0.15, -0.1) is 6.42 Å². The molecule has 1 atom stereocenters. The van der Waals surface area contributed by atoms with Gasteiger partial charge < -0.3 is 9.52 Å². The van der Waals surface area contributed by atoms with E-state index in [1.54, 1.807) is 6.26 Å². The number of rotatable bonds is 3. The number of aliphatic hydroxyl groups excluding tert-OH is 1. The zero-order valence-electron chi connectivity index (χ0n) is 6.16. The van der Waals surface area contributed by atoms with Crippen molar-refractivity contribution in [3.05, 3.63) is 24.2 Å². The van der Waals surface area contributed by atoms with Crippen LogP contribution in [0.1, 0.15) is 12.2 Å². The molecule has 11 heavy (non-hydrogen) atoms. The molecule has 0 amide bonds. The smallest absolute Gasteiger partial charge is 0.114 e. The van der Waals surface area contributed by atoms with Gasteiger partial charge in [0.05, 0.1) is 6.26 Å². The average molecular weight is 150 g/mol. The summed E-state index contributed by atoms with van der Waals surface area (Å²) in [5.41, 5.74) is 0. The van der Waals surface area contributed by atoms with Crippen LogP contribution in [0.3, 0.4) is 0 Å². The van der Waals surface area contributed by atoms with Crippen molar-refractivity contribution < 1.29 is 9.52 Å². The largest absolute Gasteiger partial charge is 0.469 e. The fourth-order valence-electron chi connectivity index (χ4n) is 0.817. The molecule has 2 heteroatoms. The van der Waals surface area contributed by atoms with Crippen molar-refractivity contribution in [1.82, 2.24) is 0 Å². The topological polar surface area (TPSA) is 33.4 Å². The summed E-state index contributed by atoms with van der Waals surface area (Å²) < 4.78 is 5.05. The molecule has 0 spiro atoms. The maximum absolute atomic E-state index is 8.98. The Morgan fingerprint density at radius 3 is 3.09 bits per heavy atom. The number of aryl methyl sites for hydroxylation is 1. The minimum Gasteiger partial charge on any atom is -0.469 e. The highest BCUT2D eigenvalue weighted by Crippen LogP contribution is 2.04. The first-order valence-corrected chi connectivity index (χ1v) is 3.49. The second-order valence-corrected chi connectivity index (χ2v) is 2.30. The van der Waals surface area contributed by atoms with Crippen LogP contribution >= 0.6 is 0 Å². The lowest BCUT2D eigenvalue weighted by molar-refractivity contribution is 0.219. The van der Waals surface area contributed by atoms with Crippen molar-refractivity contribution in [3.63, 3.8) is 0 Å². The van der Waals surface area contributed by atoms with Gasteiger partial charge >= 0.3 is 0 Å². The van der Waals surface area contributed by atoms with E-state index in [0.717, 1.165) is 5.76 Å². The lowest BCUT2D eigenvalue weighted by Gasteiger charge is -1.99. The summed E-state index contributed by atoms with van der Waals surface area (Å²) >= 11 is 0. The van der Waals surface area contributed by atoms with E-state index < -0.39 is 6.10 Å². The lowest BCUT2D eigenvalue weighted by atomic mass is 10.2. The third-order valence-corrected chi connectivity index (χ3v) is 1.44. The van der Waals surface area contributed by atoms with E-state index in [9.17, 15) is 0 Å². The molecule has 0 fully saturated rings. The van der Waals surface area contributed by atoms with Gasteiger partial charge in [-0.05, 0) is 18.6 Å². The van der Waals surface area contributed by atoms with Crippen LogP contribution < -0.4 is 0 Å². The Balaban J connectivity index is 2.30. The van der Waals surface area contributed by atoms with Crippen LogP contribution in [-0.2, 0) is 6.42 Å². The highest BCUT2D eigenvalue weighted by molar-refractivity contribution is 5.01. The zero-order valence-corrected chi connectivity index (χ0v) is 6.16. The molecule has 1 aromatic heterocycles. The van der Waals surface area contributed by atoms with Crippen LogP contribution in [0.4, 0.5) is 0 Å². The Bertz CT molecular complexity index is 231. The van der Waals surface area contributed by atoms with Crippen molar-refractivity contribution in [2.45, 2.75) is 18.9 Å². The third kappa shape index (κ3) is 2.48. The fourth-order valence-corrected chi connectivity index (χ4v) is 0.817. The molecule has 1 rings (SSSR count). The van der Waals surface area contributed by atoms with Gasteiger partial charge in [0.2, 0.25) is 0 Å². The number of hydrogen-bond acceptors (Lipinski definition) is 2. The lowest BCUT2D eigenvalue weighted by Crippen LogP contribution is -2.03. The maximum atomic E-state index is 8.98. The van der Waals surface area contributed by atoms with Gasteiger partial charge in [0.15, 0.2) is 0 Å². The number of hydrogen-bond donors (Lipinski definition) is 1. The molecule has 0 radical (unpaired) electrons. The number of terminal acetylenes is 1. The first-order valence-electron chi connectivity index (χ1n) is 3.49. The van der Waals surface area contributed by atoms with Gasteiger partial charge in [-0.3, -0.25) is 0 Å². The van der Waals surface area contributed by atoms with E-state index in [0.29, 0.717) is 12.8 Å². The summed E-state index contributed by atoms with van der Waals surface area (Å²) in [6.45, 7) is 0. The van der Waals surface area contributed by atoms with Gasteiger partial charge in [-0.2, -0.15) is 0 Å². The van der Waals surface area contributed by atoms with Crippen LogP contribution in [-0.4, -0.2) is 11.2 Å². The monoisotopic (exact) mass is 150 g/mol. The summed E-state index contributed by atoms with van der Waals surface area (Å²) in [6, 6.07) is 3.68. The predicted octanol–water partition coefficient (Wildman–Crippen LogP) is 1.21. The molecule has 2 nitrogen and oxygen atoms in total. The molecule has 1 unspecified atom stereocenters. The van der Waals surface area contributed by atoms with Gasteiger partial charge in [-0.25, -0.2) is 0 Å². The summed E-state index contributed by atoms with van der Waals surface area (Å²) in [5, 5.41) is 8.98. The van der Waals surface area contributed by atoms with Crippen molar-refractivity contribution in [1.29, 1.82) is 0 Å². The van der Waals surface area contributed by atoms with Crippen molar-refractivity contribution in [3.8, 4) is 12.3 Å². The first kappa shape index (κ1) is 7.90. The van der Waals surface area contributed by atoms with Gasteiger partial charge in [0, 0.05) is 6.42 Å². The van der Waals surface area contributed by atoms with Crippen molar-refractivity contribution in [2.24, 2.45) is 0 Å². The van der Waals surface area contributed by atoms with E-state index in [4.69, 9.17) is 15.9 Å². The van der Waals surface area contributed by atoms with E-state index >= 15 is 0 Å². The Morgan fingerprint density at radius 1 is 1.73 bits per heavy atom. The molecule has 0 aliphatic heterocycles. The fraction of sp³-hybridized carbons (Fsp3) is 0.333. The molecule has 0 aliphatic carbocycles. The highest BCUT2D eigenvalue weighted by atomic mass is 16.3. The molecule has 0 aliphatic rings. The summed E-state index contributed by atoms with van der Waals surface area (Å²) in [4.78, 5) is 0. The SMILES string of the molecule is C#CC(O)CCc1ccco1. The van der Waals surface area contributed by atoms with Gasteiger partial charge in [-0.1, -0.05) is 5.92 Å². The third-order valence-electron chi connectivity index (χ3n) is 1.44. The molecular formula is C9H10O2. The minimum atomic E-state index is -0.653. The van der Waals surface area contributed by atoms with Crippen LogP contribution in [0, 0.1) is 12.3 Å². The summed E-state index contributed by atoms with van der Waals surface area (Å²) in [5.74, 6) is 3.10. The number of furan rings is 1. The second kappa shape index (κ2) is 3.85. The minimum absolute atomic E-state index is 0.560. The summed E-state index contributed by atoms with van der Waals surface area (Å²) in [7, 11) is 0. The Morgan fingerprint density at radius 2 is 2.55 bits per heavy atom. The molecule has 0 saturated carbocycles. The highest BCUT2D eigenvalue weighted by Gasteiger charge is 2.00. The normalized spacial score (nSPS) is 12.4. The predicted molar refractivity (Wildman–Crippen MR) is 41.9 cm³/mol. The average Bonchev–Trinajstić information content (AvgIpc) is 2.52. The number of aliphatic hydroxyl groups is 1. The molecule has 1 N–H and O–H groups in total. The Labute approximate surface area is 65.8 Å². The molecule has 0 bridgehead atoms. The van der Waals surface area contributed by atoms with Gasteiger partial charge in [0.1, 0.15) is 11.9 Å². The molecule has 58 valence electrons. The standard InChI is InChI=1S/C9H10O2/c1-2-8(10)5-6-9-4-3-7-11-9/h1,3-4,7-8,10H,5-6H2. The van der Waals surface area contributed by atoms with Crippen LogP contribution in [0.15, 0.2) is 22.8 Å². The first-order chi connectivity index (χ1) is 5.33. The zero-order chi connectivity index (χ0) is 8.10. The van der Waals surface area contributed by atoms with Crippen LogP contribution in [0.5, 0.6) is 0 Å². The maximum Gasteiger partial charge on any atom is 0.114 e. The van der Waals surface area contributed by atoms with Crippen LogP contribution in [0.2, 0.25) is 0 Å². The molecule has 0 saturated heterocycles. The van der Waals surface area contributed by atoms with Gasteiger partial charge in [0.25, 0.3) is 0 Å². The van der Waals surface area contributed by atoms with Crippen molar-refractivity contribution in [2.75, 3.05) is 0 Å². The molecule has 1 heterocycles. The molecule has 0 aromatic carbocycles. The van der Waals surface area contributed by atoms with E-state index in [-0.39, 0.29) is 0 Å². The van der Waals surface area contributed by atoms with Crippen molar-refractivity contribution >= 4 is 0 Å². The van der Waals surface area contributed by atoms with E-state index in [1.165, 1.54) is 0 Å². The van der Waals surface area contributed by atoms with E-state index in [2.05, 4.69) is 5.92 Å². The summed E-state index contributed by atoms with van der Waals surface area (Å²) in [6.07, 6.45) is 7.19. The van der Waals surface area contributed by atoms with Crippen LogP contribution in [0.25, 0.3) is 0 Å². The Kier molecular flexibility index (Phi) is 2.76.